The molecule has 0 bridgehead atoms. The second-order valence-electron chi connectivity index (χ2n) is 21.5. The number of carbonyl (C=O) groups excluding carboxylic acids is 2. The van der Waals surface area contributed by atoms with E-state index in [1.807, 2.05) is 0 Å². The lowest BCUT2D eigenvalue weighted by molar-refractivity contribution is -0.161. The van der Waals surface area contributed by atoms with Crippen molar-refractivity contribution in [3.63, 3.8) is 0 Å². The Bertz CT molecular complexity index is 1290. The Labute approximate surface area is 454 Å². The van der Waals surface area contributed by atoms with Gasteiger partial charge in [0.2, 0.25) is 0 Å². The molecule has 1 atom stereocenters. The van der Waals surface area contributed by atoms with Crippen LogP contribution in [0.15, 0.2) is 72.9 Å². The number of ether oxygens (including phenoxy) is 2. The van der Waals surface area contributed by atoms with Crippen LogP contribution in [-0.2, 0) is 19.1 Å². The molecule has 0 aliphatic heterocycles. The SMILES string of the molecule is CC/C=C\C/C=C\C/C=C\C/C=C\C/C=C\CCCCCCCCCCCCCCCCCCCCCCCCCCCC(=O)OC(CO)COC(=O)CCCCCCCCC/C=C\CCCCCCCCC. The van der Waals surface area contributed by atoms with E-state index in [4.69, 9.17) is 9.47 Å². The van der Waals surface area contributed by atoms with Gasteiger partial charge in [-0.3, -0.25) is 9.59 Å². The van der Waals surface area contributed by atoms with Crippen LogP contribution in [0.4, 0.5) is 0 Å². The molecule has 0 fully saturated rings. The van der Waals surface area contributed by atoms with Gasteiger partial charge in [0.15, 0.2) is 6.10 Å². The molecule has 0 aliphatic rings. The number of hydrogen-bond acceptors (Lipinski definition) is 5. The molecule has 0 saturated heterocycles. The van der Waals surface area contributed by atoms with Crippen molar-refractivity contribution < 1.29 is 24.2 Å². The first-order chi connectivity index (χ1) is 36.1. The van der Waals surface area contributed by atoms with E-state index >= 15 is 0 Å². The molecule has 1 N–H and O–H groups in total. The van der Waals surface area contributed by atoms with Crippen molar-refractivity contribution in [1.29, 1.82) is 0 Å². The lowest BCUT2D eigenvalue weighted by Gasteiger charge is -2.15. The lowest BCUT2D eigenvalue weighted by atomic mass is 10.0. The number of aliphatic hydroxyl groups excluding tert-OH is 1. The predicted molar refractivity (Wildman–Crippen MR) is 320 cm³/mol. The summed E-state index contributed by atoms with van der Waals surface area (Å²) < 4.78 is 10.7. The maximum Gasteiger partial charge on any atom is 0.306 e. The first-order valence-corrected chi connectivity index (χ1v) is 32.0. The average molecular weight is 1020 g/mol. The Morgan fingerprint density at radius 1 is 0.329 bits per heavy atom. The van der Waals surface area contributed by atoms with E-state index in [0.29, 0.717) is 12.8 Å². The second kappa shape index (κ2) is 63.6. The third-order valence-corrected chi connectivity index (χ3v) is 14.2. The Hall–Kier alpha value is -2.66. The Balaban J connectivity index is 3.40. The zero-order valence-corrected chi connectivity index (χ0v) is 48.6. The molecule has 0 heterocycles. The fourth-order valence-electron chi connectivity index (χ4n) is 9.46. The average Bonchev–Trinajstić information content (AvgIpc) is 3.39. The van der Waals surface area contributed by atoms with Crippen LogP contribution in [0.3, 0.4) is 0 Å². The summed E-state index contributed by atoms with van der Waals surface area (Å²) in [5.74, 6) is -0.580. The van der Waals surface area contributed by atoms with Gasteiger partial charge in [-0.25, -0.2) is 0 Å². The van der Waals surface area contributed by atoms with Gasteiger partial charge in [-0.15, -0.1) is 0 Å². The third kappa shape index (κ3) is 61.8. The number of unbranched alkanes of at least 4 members (excludes halogenated alkanes) is 39. The number of aliphatic hydroxyl groups is 1. The first-order valence-electron chi connectivity index (χ1n) is 32.0. The molecule has 0 aliphatic carbocycles. The highest BCUT2D eigenvalue weighted by atomic mass is 16.6. The van der Waals surface area contributed by atoms with E-state index in [0.717, 1.165) is 70.6 Å². The zero-order valence-electron chi connectivity index (χ0n) is 48.6. The van der Waals surface area contributed by atoms with Gasteiger partial charge >= 0.3 is 11.9 Å². The van der Waals surface area contributed by atoms with Crippen LogP contribution >= 0.6 is 0 Å². The van der Waals surface area contributed by atoms with Crippen LogP contribution in [0.25, 0.3) is 0 Å². The van der Waals surface area contributed by atoms with Crippen molar-refractivity contribution in [1.82, 2.24) is 0 Å². The highest BCUT2D eigenvalue weighted by molar-refractivity contribution is 5.70. The minimum absolute atomic E-state index is 0.0647. The molecule has 424 valence electrons. The van der Waals surface area contributed by atoms with Crippen molar-refractivity contribution in [2.24, 2.45) is 0 Å². The number of allylic oxidation sites excluding steroid dienone is 12. The topological polar surface area (TPSA) is 72.8 Å². The molecule has 0 rings (SSSR count). The third-order valence-electron chi connectivity index (χ3n) is 14.2. The smallest absolute Gasteiger partial charge is 0.306 e. The molecule has 1 unspecified atom stereocenters. The second-order valence-corrected chi connectivity index (χ2v) is 21.5. The number of carbonyl (C=O) groups is 2. The number of rotatable bonds is 59. The molecule has 73 heavy (non-hydrogen) atoms. The summed E-state index contributed by atoms with van der Waals surface area (Å²) >= 11 is 0. The summed E-state index contributed by atoms with van der Waals surface area (Å²) in [5, 5.41) is 9.66. The Morgan fingerprint density at radius 3 is 0.904 bits per heavy atom. The number of hydrogen-bond donors (Lipinski definition) is 1. The number of esters is 2. The molecule has 0 spiro atoms. The van der Waals surface area contributed by atoms with Crippen LogP contribution in [0.1, 0.15) is 328 Å². The van der Waals surface area contributed by atoms with Crippen LogP contribution in [-0.4, -0.2) is 36.4 Å². The summed E-state index contributed by atoms with van der Waals surface area (Å²) in [6.07, 6.45) is 87.8. The first kappa shape index (κ1) is 70.3. The lowest BCUT2D eigenvalue weighted by Crippen LogP contribution is -2.28. The van der Waals surface area contributed by atoms with Gasteiger partial charge in [-0.05, 0) is 83.5 Å². The monoisotopic (exact) mass is 1020 g/mol. The molecular weight excluding hydrogens is 897 g/mol. The fourth-order valence-corrected chi connectivity index (χ4v) is 9.46. The largest absolute Gasteiger partial charge is 0.462 e. The van der Waals surface area contributed by atoms with Gasteiger partial charge < -0.3 is 14.6 Å². The minimum atomic E-state index is -0.773. The molecule has 0 aromatic carbocycles. The summed E-state index contributed by atoms with van der Waals surface area (Å²) in [4.78, 5) is 24.5. The standard InChI is InChI=1S/C68H122O5/c1-3-5-7-9-11-13-15-17-19-21-23-24-25-26-27-28-29-30-31-32-33-34-35-36-37-38-39-40-41-42-43-44-45-47-49-51-53-55-57-59-61-63-68(71)73-66(64-69)65-72-67(70)62-60-58-56-54-52-50-48-46-22-20-18-16-14-12-10-8-6-4-2/h5,7,11,13,17,19-20,22-24,26-27,66,69H,3-4,6,8-10,12,14-16,18,21,25,28-65H2,1-2H3/b7-5-,13-11-,19-17-,22-20-,24-23-,27-26-. The van der Waals surface area contributed by atoms with Gasteiger partial charge in [0.05, 0.1) is 6.61 Å². The Morgan fingerprint density at radius 2 is 0.589 bits per heavy atom. The van der Waals surface area contributed by atoms with Crippen molar-refractivity contribution in [2.45, 2.75) is 335 Å². The van der Waals surface area contributed by atoms with Crippen molar-refractivity contribution >= 4 is 11.9 Å². The van der Waals surface area contributed by atoms with Crippen molar-refractivity contribution in [3.8, 4) is 0 Å². The van der Waals surface area contributed by atoms with Gasteiger partial charge in [0.1, 0.15) is 6.61 Å². The van der Waals surface area contributed by atoms with Gasteiger partial charge in [-0.2, -0.15) is 0 Å². The van der Waals surface area contributed by atoms with Crippen LogP contribution in [0.2, 0.25) is 0 Å². The van der Waals surface area contributed by atoms with Crippen molar-refractivity contribution in [3.05, 3.63) is 72.9 Å². The molecule has 0 radical (unpaired) electrons. The molecular formula is C68H122O5. The maximum absolute atomic E-state index is 12.3. The molecule has 0 aromatic heterocycles. The Kier molecular flexibility index (Phi) is 61.3. The summed E-state index contributed by atoms with van der Waals surface area (Å²) in [6.45, 7) is 4.06. The summed E-state index contributed by atoms with van der Waals surface area (Å²) in [6, 6.07) is 0. The highest BCUT2D eigenvalue weighted by Crippen LogP contribution is 2.18. The zero-order chi connectivity index (χ0) is 52.7. The molecule has 5 heteroatoms. The molecule has 0 aromatic rings. The summed E-state index contributed by atoms with van der Waals surface area (Å²) in [7, 11) is 0. The van der Waals surface area contributed by atoms with E-state index < -0.39 is 6.10 Å². The van der Waals surface area contributed by atoms with Gasteiger partial charge in [0.25, 0.3) is 0 Å². The minimum Gasteiger partial charge on any atom is -0.462 e. The normalized spacial score (nSPS) is 12.6. The fraction of sp³-hybridized carbons (Fsp3) is 0.794. The molecule has 0 saturated carbocycles. The van der Waals surface area contributed by atoms with E-state index in [1.165, 1.54) is 231 Å². The van der Waals surface area contributed by atoms with Gasteiger partial charge in [0, 0.05) is 12.8 Å². The van der Waals surface area contributed by atoms with Crippen LogP contribution < -0.4 is 0 Å². The van der Waals surface area contributed by atoms with E-state index in [2.05, 4.69) is 86.8 Å². The van der Waals surface area contributed by atoms with Crippen LogP contribution in [0.5, 0.6) is 0 Å². The predicted octanol–water partition coefficient (Wildman–Crippen LogP) is 21.9. The quantitative estimate of drug-likeness (QED) is 0.0373. The summed E-state index contributed by atoms with van der Waals surface area (Å²) in [5.41, 5.74) is 0. The van der Waals surface area contributed by atoms with Crippen molar-refractivity contribution in [2.75, 3.05) is 13.2 Å². The van der Waals surface area contributed by atoms with E-state index in [-0.39, 0.29) is 25.2 Å². The molecule has 0 amide bonds. The van der Waals surface area contributed by atoms with Gasteiger partial charge in [-0.1, -0.05) is 305 Å². The van der Waals surface area contributed by atoms with E-state index in [1.54, 1.807) is 0 Å². The maximum atomic E-state index is 12.3. The van der Waals surface area contributed by atoms with Crippen LogP contribution in [0, 0.1) is 0 Å². The molecule has 5 nitrogen and oxygen atoms in total. The highest BCUT2D eigenvalue weighted by Gasteiger charge is 2.16. The van der Waals surface area contributed by atoms with E-state index in [9.17, 15) is 14.7 Å².